The molecule has 0 spiro atoms. The quantitative estimate of drug-likeness (QED) is 0.368. The lowest BCUT2D eigenvalue weighted by Crippen LogP contribution is -2.31. The fourth-order valence-electron chi connectivity index (χ4n) is 4.21. The molecule has 0 atom stereocenters. The van der Waals surface area contributed by atoms with E-state index in [-0.39, 0.29) is 0 Å². The molecule has 2 heterocycles. The van der Waals surface area contributed by atoms with E-state index < -0.39 is 0 Å². The van der Waals surface area contributed by atoms with Crippen LogP contribution < -0.4 is 9.80 Å². The van der Waals surface area contributed by atoms with Gasteiger partial charge in [0, 0.05) is 41.6 Å². The van der Waals surface area contributed by atoms with Crippen LogP contribution in [0.3, 0.4) is 0 Å². The molecule has 166 valence electrons. The molecular weight excluding hydrogens is 460 g/mol. The van der Waals surface area contributed by atoms with Crippen molar-refractivity contribution >= 4 is 39.0 Å². The SMILES string of the molecule is CCN(c1ccc(C(C)C)c(Br)c1)c1nc(C)cc(N2CCC=C(c3ccccc3)C2)n1. The predicted molar refractivity (Wildman–Crippen MR) is 139 cm³/mol. The zero-order valence-electron chi connectivity index (χ0n) is 19.3. The van der Waals surface area contributed by atoms with Crippen LogP contribution in [-0.2, 0) is 0 Å². The van der Waals surface area contributed by atoms with Crippen molar-refractivity contribution in [2.45, 2.75) is 40.0 Å². The molecule has 5 heteroatoms. The first kappa shape index (κ1) is 22.5. The van der Waals surface area contributed by atoms with E-state index >= 15 is 0 Å². The Hall–Kier alpha value is -2.66. The molecular formula is C27H31BrN4. The lowest BCUT2D eigenvalue weighted by Gasteiger charge is -2.30. The molecule has 0 radical (unpaired) electrons. The summed E-state index contributed by atoms with van der Waals surface area (Å²) in [6, 6.07) is 19.3. The average molecular weight is 491 g/mol. The first-order valence-corrected chi connectivity index (χ1v) is 12.2. The standard InChI is InChI=1S/C27H31BrN4/c1-5-32(23-13-14-24(19(2)3)25(28)17-23)27-29-20(4)16-26(30-27)31-15-9-12-22(18-31)21-10-7-6-8-11-21/h6-8,10-14,16-17,19H,5,9,15,18H2,1-4H3. The fraction of sp³-hybridized carbons (Fsp3) is 0.333. The third-order valence-corrected chi connectivity index (χ3v) is 6.61. The van der Waals surface area contributed by atoms with E-state index in [0.717, 1.165) is 53.7 Å². The Kier molecular flexibility index (Phi) is 6.95. The summed E-state index contributed by atoms with van der Waals surface area (Å²) < 4.78 is 1.13. The number of benzene rings is 2. The Bertz CT molecular complexity index is 1110. The summed E-state index contributed by atoms with van der Waals surface area (Å²) in [5, 5.41) is 0. The molecule has 4 nitrogen and oxygen atoms in total. The summed E-state index contributed by atoms with van der Waals surface area (Å²) in [4.78, 5) is 14.4. The monoisotopic (exact) mass is 490 g/mol. The number of aryl methyl sites for hydroxylation is 1. The van der Waals surface area contributed by atoms with Crippen LogP contribution in [0, 0.1) is 6.92 Å². The van der Waals surface area contributed by atoms with Gasteiger partial charge >= 0.3 is 0 Å². The second-order valence-electron chi connectivity index (χ2n) is 8.58. The van der Waals surface area contributed by atoms with Gasteiger partial charge in [-0.2, -0.15) is 4.98 Å². The van der Waals surface area contributed by atoms with Gasteiger partial charge in [-0.05, 0) is 55.0 Å². The Morgan fingerprint density at radius 2 is 1.84 bits per heavy atom. The highest BCUT2D eigenvalue weighted by molar-refractivity contribution is 9.10. The molecule has 0 aliphatic carbocycles. The van der Waals surface area contributed by atoms with Crippen LogP contribution in [0.2, 0.25) is 0 Å². The molecule has 0 unspecified atom stereocenters. The van der Waals surface area contributed by atoms with E-state index in [4.69, 9.17) is 9.97 Å². The van der Waals surface area contributed by atoms with Crippen molar-refractivity contribution in [1.82, 2.24) is 9.97 Å². The molecule has 0 N–H and O–H groups in total. The van der Waals surface area contributed by atoms with Crippen LogP contribution in [0.15, 0.2) is 65.1 Å². The minimum absolute atomic E-state index is 0.473. The number of aromatic nitrogens is 2. The molecule has 0 saturated carbocycles. The highest BCUT2D eigenvalue weighted by atomic mass is 79.9. The molecule has 2 aromatic carbocycles. The van der Waals surface area contributed by atoms with Gasteiger partial charge in [0.15, 0.2) is 0 Å². The van der Waals surface area contributed by atoms with Crippen molar-refractivity contribution in [3.63, 3.8) is 0 Å². The van der Waals surface area contributed by atoms with E-state index in [9.17, 15) is 0 Å². The van der Waals surface area contributed by atoms with E-state index in [0.29, 0.717) is 5.92 Å². The largest absolute Gasteiger partial charge is 0.352 e. The lowest BCUT2D eigenvalue weighted by molar-refractivity contribution is 0.805. The van der Waals surface area contributed by atoms with Crippen molar-refractivity contribution in [2.24, 2.45) is 0 Å². The van der Waals surface area contributed by atoms with Gasteiger partial charge in [0.05, 0.1) is 0 Å². The summed E-state index contributed by atoms with van der Waals surface area (Å²) in [6.07, 6.45) is 3.37. The van der Waals surface area contributed by atoms with Crippen LogP contribution in [-0.4, -0.2) is 29.6 Å². The maximum atomic E-state index is 5.02. The summed E-state index contributed by atoms with van der Waals surface area (Å²) in [6.45, 7) is 11.2. The van der Waals surface area contributed by atoms with Crippen molar-refractivity contribution < 1.29 is 0 Å². The molecule has 0 fully saturated rings. The third kappa shape index (κ3) is 4.88. The molecule has 0 saturated heterocycles. The van der Waals surface area contributed by atoms with Gasteiger partial charge in [-0.3, -0.25) is 0 Å². The molecule has 32 heavy (non-hydrogen) atoms. The van der Waals surface area contributed by atoms with Crippen LogP contribution in [0.4, 0.5) is 17.5 Å². The molecule has 1 aromatic heterocycles. The summed E-state index contributed by atoms with van der Waals surface area (Å²) >= 11 is 3.76. The Morgan fingerprint density at radius 3 is 2.53 bits per heavy atom. The van der Waals surface area contributed by atoms with E-state index in [1.54, 1.807) is 0 Å². The van der Waals surface area contributed by atoms with Crippen molar-refractivity contribution in [2.75, 3.05) is 29.4 Å². The third-order valence-electron chi connectivity index (χ3n) is 5.92. The number of nitrogens with zero attached hydrogens (tertiary/aromatic N) is 4. The number of rotatable bonds is 6. The van der Waals surface area contributed by atoms with Crippen LogP contribution in [0.5, 0.6) is 0 Å². The van der Waals surface area contributed by atoms with E-state index in [2.05, 4.69) is 114 Å². The number of anilines is 3. The van der Waals surface area contributed by atoms with Gasteiger partial charge in [0.1, 0.15) is 5.82 Å². The second-order valence-corrected chi connectivity index (χ2v) is 9.43. The maximum absolute atomic E-state index is 5.02. The average Bonchev–Trinajstić information content (AvgIpc) is 2.80. The maximum Gasteiger partial charge on any atom is 0.232 e. The summed E-state index contributed by atoms with van der Waals surface area (Å²) in [5.74, 6) is 2.22. The zero-order valence-corrected chi connectivity index (χ0v) is 20.9. The smallest absolute Gasteiger partial charge is 0.232 e. The van der Waals surface area contributed by atoms with Crippen LogP contribution in [0.1, 0.15) is 49.9 Å². The summed E-state index contributed by atoms with van der Waals surface area (Å²) in [5.41, 5.74) is 6.04. The first-order chi connectivity index (χ1) is 15.5. The van der Waals surface area contributed by atoms with Crippen molar-refractivity contribution in [3.05, 3.63) is 82.0 Å². The fourth-order valence-corrected chi connectivity index (χ4v) is 5.04. The topological polar surface area (TPSA) is 32.3 Å². The Labute approximate surface area is 200 Å². The second kappa shape index (κ2) is 9.86. The van der Waals surface area contributed by atoms with Gasteiger partial charge < -0.3 is 9.80 Å². The van der Waals surface area contributed by atoms with Crippen molar-refractivity contribution in [3.8, 4) is 0 Å². The van der Waals surface area contributed by atoms with Gasteiger partial charge in [-0.25, -0.2) is 4.98 Å². The Morgan fingerprint density at radius 1 is 1.06 bits per heavy atom. The van der Waals surface area contributed by atoms with Gasteiger partial charge in [-0.15, -0.1) is 0 Å². The minimum atomic E-state index is 0.473. The number of halogens is 1. The molecule has 0 bridgehead atoms. The molecule has 1 aliphatic rings. The lowest BCUT2D eigenvalue weighted by atomic mass is 10.0. The Balaban J connectivity index is 1.63. The van der Waals surface area contributed by atoms with Crippen molar-refractivity contribution in [1.29, 1.82) is 0 Å². The number of hydrogen-bond acceptors (Lipinski definition) is 4. The predicted octanol–water partition coefficient (Wildman–Crippen LogP) is 7.12. The van der Waals surface area contributed by atoms with Crippen LogP contribution in [0.25, 0.3) is 5.57 Å². The molecule has 1 aliphatic heterocycles. The van der Waals surface area contributed by atoms with Crippen LogP contribution >= 0.6 is 15.9 Å². The summed E-state index contributed by atoms with van der Waals surface area (Å²) in [7, 11) is 0. The normalized spacial score (nSPS) is 13.9. The first-order valence-electron chi connectivity index (χ1n) is 11.4. The van der Waals surface area contributed by atoms with E-state index in [1.165, 1.54) is 16.7 Å². The van der Waals surface area contributed by atoms with Gasteiger partial charge in [0.25, 0.3) is 0 Å². The van der Waals surface area contributed by atoms with Gasteiger partial charge in [0.2, 0.25) is 5.95 Å². The highest BCUT2D eigenvalue weighted by Gasteiger charge is 2.19. The molecule has 0 amide bonds. The van der Waals surface area contributed by atoms with Gasteiger partial charge in [-0.1, -0.05) is 72.3 Å². The van der Waals surface area contributed by atoms with E-state index in [1.807, 2.05) is 0 Å². The molecule has 3 aromatic rings. The molecule has 4 rings (SSSR count). The highest BCUT2D eigenvalue weighted by Crippen LogP contribution is 2.32. The minimum Gasteiger partial charge on any atom is -0.352 e. The zero-order chi connectivity index (χ0) is 22.7. The number of hydrogen-bond donors (Lipinski definition) is 0.